The molecule has 5 heteroatoms. The van der Waals surface area contributed by atoms with Gasteiger partial charge in [0.05, 0.1) is 4.92 Å². The predicted octanol–water partition coefficient (Wildman–Crippen LogP) is 2.20. The van der Waals surface area contributed by atoms with Crippen LogP contribution >= 0.6 is 0 Å². The molecule has 0 bridgehead atoms. The first-order valence-electron chi connectivity index (χ1n) is 6.06. The van der Waals surface area contributed by atoms with Crippen molar-refractivity contribution in [3.63, 3.8) is 0 Å². The van der Waals surface area contributed by atoms with Crippen LogP contribution in [0.4, 0.5) is 5.69 Å². The Morgan fingerprint density at radius 2 is 1.83 bits per heavy atom. The van der Waals surface area contributed by atoms with E-state index in [1.807, 2.05) is 14.1 Å². The smallest absolute Gasteiger partial charge is 0.269 e. The van der Waals surface area contributed by atoms with Gasteiger partial charge >= 0.3 is 0 Å². The molecule has 1 rings (SSSR count). The van der Waals surface area contributed by atoms with Crippen molar-refractivity contribution in [2.75, 3.05) is 20.6 Å². The lowest BCUT2D eigenvalue weighted by Crippen LogP contribution is -2.36. The van der Waals surface area contributed by atoms with Gasteiger partial charge in [0, 0.05) is 30.8 Å². The molecule has 1 N–H and O–H groups in total. The van der Waals surface area contributed by atoms with Crippen LogP contribution in [0, 0.1) is 10.1 Å². The molecule has 0 aliphatic carbocycles. The van der Waals surface area contributed by atoms with E-state index >= 15 is 0 Å². The van der Waals surface area contributed by atoms with Gasteiger partial charge < -0.3 is 10.2 Å². The monoisotopic (exact) mass is 251 g/mol. The number of nitro benzene ring substituents is 1. The molecule has 0 amide bonds. The molecule has 0 saturated heterocycles. The Morgan fingerprint density at radius 1 is 1.28 bits per heavy atom. The number of rotatable bonds is 6. The summed E-state index contributed by atoms with van der Waals surface area (Å²) in [5, 5.41) is 14.0. The third-order valence-electron chi connectivity index (χ3n) is 3.20. The second-order valence-electron chi connectivity index (χ2n) is 4.79. The van der Waals surface area contributed by atoms with E-state index in [2.05, 4.69) is 24.1 Å². The van der Waals surface area contributed by atoms with E-state index in [1.165, 1.54) is 0 Å². The number of likely N-dealkylation sites (N-methyl/N-ethyl adjacent to an activating group) is 1. The molecule has 0 aliphatic heterocycles. The SMILES string of the molecule is CC(NCC(C)N(C)C)c1ccc([N+](=O)[O-])cc1. The first-order chi connectivity index (χ1) is 8.41. The minimum absolute atomic E-state index is 0.132. The summed E-state index contributed by atoms with van der Waals surface area (Å²) < 4.78 is 0. The van der Waals surface area contributed by atoms with Crippen molar-refractivity contribution in [1.29, 1.82) is 0 Å². The summed E-state index contributed by atoms with van der Waals surface area (Å²) in [7, 11) is 4.09. The van der Waals surface area contributed by atoms with Crippen molar-refractivity contribution < 1.29 is 4.92 Å². The fourth-order valence-corrected chi connectivity index (χ4v) is 1.53. The normalized spacial score (nSPS) is 14.5. The summed E-state index contributed by atoms with van der Waals surface area (Å²) in [6, 6.07) is 7.33. The van der Waals surface area contributed by atoms with E-state index < -0.39 is 0 Å². The number of nitrogens with zero attached hydrogens (tertiary/aromatic N) is 2. The molecule has 2 atom stereocenters. The molecule has 0 saturated carbocycles. The van der Waals surface area contributed by atoms with Gasteiger partial charge in [0.15, 0.2) is 0 Å². The van der Waals surface area contributed by atoms with Gasteiger partial charge in [-0.25, -0.2) is 0 Å². The van der Waals surface area contributed by atoms with Gasteiger partial charge in [-0.3, -0.25) is 10.1 Å². The second-order valence-corrected chi connectivity index (χ2v) is 4.79. The molecule has 0 spiro atoms. The molecular weight excluding hydrogens is 230 g/mol. The average molecular weight is 251 g/mol. The van der Waals surface area contributed by atoms with Crippen LogP contribution in [-0.4, -0.2) is 36.5 Å². The maximum atomic E-state index is 10.6. The zero-order chi connectivity index (χ0) is 13.7. The van der Waals surface area contributed by atoms with E-state index in [4.69, 9.17) is 0 Å². The zero-order valence-corrected chi connectivity index (χ0v) is 11.4. The minimum atomic E-state index is -0.379. The number of non-ortho nitro benzene ring substituents is 1. The standard InChI is InChI=1S/C13H21N3O2/c1-10(15(3)4)9-14-11(2)12-5-7-13(8-6-12)16(17)18/h5-8,10-11,14H,9H2,1-4H3. The topological polar surface area (TPSA) is 58.4 Å². The lowest BCUT2D eigenvalue weighted by atomic mass is 10.1. The summed E-state index contributed by atoms with van der Waals surface area (Å²) in [4.78, 5) is 12.3. The molecular formula is C13H21N3O2. The highest BCUT2D eigenvalue weighted by atomic mass is 16.6. The minimum Gasteiger partial charge on any atom is -0.309 e. The Bertz CT molecular complexity index is 390. The number of nitro groups is 1. The summed E-state index contributed by atoms with van der Waals surface area (Å²) in [6.45, 7) is 5.09. The second kappa shape index (κ2) is 6.47. The quantitative estimate of drug-likeness (QED) is 0.622. The number of nitrogens with one attached hydrogen (secondary N) is 1. The van der Waals surface area contributed by atoms with Crippen molar-refractivity contribution in [3.05, 3.63) is 39.9 Å². The van der Waals surface area contributed by atoms with Crippen LogP contribution in [-0.2, 0) is 0 Å². The third-order valence-corrected chi connectivity index (χ3v) is 3.20. The Hall–Kier alpha value is -1.46. The highest BCUT2D eigenvalue weighted by molar-refractivity contribution is 5.34. The van der Waals surface area contributed by atoms with E-state index in [1.54, 1.807) is 24.3 Å². The highest BCUT2D eigenvalue weighted by Crippen LogP contribution is 2.17. The molecule has 18 heavy (non-hydrogen) atoms. The van der Waals surface area contributed by atoms with Crippen molar-refractivity contribution >= 4 is 5.69 Å². The Kier molecular flexibility index (Phi) is 5.25. The fraction of sp³-hybridized carbons (Fsp3) is 0.538. The van der Waals surface area contributed by atoms with Crippen LogP contribution in [0.15, 0.2) is 24.3 Å². The van der Waals surface area contributed by atoms with Crippen LogP contribution in [0.3, 0.4) is 0 Å². The van der Waals surface area contributed by atoms with Crippen LogP contribution in [0.1, 0.15) is 25.5 Å². The van der Waals surface area contributed by atoms with Crippen molar-refractivity contribution in [2.24, 2.45) is 0 Å². The molecule has 2 unspecified atom stereocenters. The number of benzene rings is 1. The van der Waals surface area contributed by atoms with E-state index in [-0.39, 0.29) is 16.7 Å². The molecule has 100 valence electrons. The molecule has 0 fully saturated rings. The van der Waals surface area contributed by atoms with Gasteiger partial charge in [0.25, 0.3) is 5.69 Å². The lowest BCUT2D eigenvalue weighted by molar-refractivity contribution is -0.384. The predicted molar refractivity (Wildman–Crippen MR) is 72.7 cm³/mol. The maximum absolute atomic E-state index is 10.6. The maximum Gasteiger partial charge on any atom is 0.269 e. The van der Waals surface area contributed by atoms with Gasteiger partial charge in [-0.15, -0.1) is 0 Å². The number of hydrogen-bond acceptors (Lipinski definition) is 4. The summed E-state index contributed by atoms with van der Waals surface area (Å²) in [5.74, 6) is 0. The van der Waals surface area contributed by atoms with Crippen LogP contribution < -0.4 is 5.32 Å². The lowest BCUT2D eigenvalue weighted by Gasteiger charge is -2.23. The van der Waals surface area contributed by atoms with Crippen LogP contribution in [0.2, 0.25) is 0 Å². The fourth-order valence-electron chi connectivity index (χ4n) is 1.53. The van der Waals surface area contributed by atoms with Crippen molar-refractivity contribution in [3.8, 4) is 0 Å². The van der Waals surface area contributed by atoms with E-state index in [9.17, 15) is 10.1 Å². The summed E-state index contributed by atoms with van der Waals surface area (Å²) in [6.07, 6.45) is 0. The molecule has 0 radical (unpaired) electrons. The molecule has 1 aromatic carbocycles. The molecule has 0 aromatic heterocycles. The van der Waals surface area contributed by atoms with Gasteiger partial charge in [0.1, 0.15) is 0 Å². The van der Waals surface area contributed by atoms with Crippen LogP contribution in [0.5, 0.6) is 0 Å². The van der Waals surface area contributed by atoms with Crippen molar-refractivity contribution in [1.82, 2.24) is 10.2 Å². The van der Waals surface area contributed by atoms with E-state index in [0.29, 0.717) is 6.04 Å². The summed E-state index contributed by atoms with van der Waals surface area (Å²) in [5.41, 5.74) is 1.19. The summed E-state index contributed by atoms with van der Waals surface area (Å²) >= 11 is 0. The van der Waals surface area contributed by atoms with Crippen molar-refractivity contribution in [2.45, 2.75) is 25.9 Å². The Labute approximate surface area is 108 Å². The molecule has 0 aliphatic rings. The van der Waals surface area contributed by atoms with Gasteiger partial charge in [-0.1, -0.05) is 12.1 Å². The first kappa shape index (κ1) is 14.6. The average Bonchev–Trinajstić information content (AvgIpc) is 2.35. The van der Waals surface area contributed by atoms with Gasteiger partial charge in [0.2, 0.25) is 0 Å². The van der Waals surface area contributed by atoms with Gasteiger partial charge in [-0.05, 0) is 33.5 Å². The Balaban J connectivity index is 2.56. The van der Waals surface area contributed by atoms with E-state index in [0.717, 1.165) is 12.1 Å². The Morgan fingerprint density at radius 3 is 2.28 bits per heavy atom. The first-order valence-corrected chi connectivity index (χ1v) is 6.06. The third kappa shape index (κ3) is 4.09. The molecule has 0 heterocycles. The van der Waals surface area contributed by atoms with Crippen LogP contribution in [0.25, 0.3) is 0 Å². The largest absolute Gasteiger partial charge is 0.309 e. The molecule has 1 aromatic rings. The van der Waals surface area contributed by atoms with Gasteiger partial charge in [-0.2, -0.15) is 0 Å². The number of hydrogen-bond donors (Lipinski definition) is 1. The zero-order valence-electron chi connectivity index (χ0n) is 11.4. The molecule has 5 nitrogen and oxygen atoms in total. The highest BCUT2D eigenvalue weighted by Gasteiger charge is 2.10.